The Morgan fingerprint density at radius 3 is 2.56 bits per heavy atom. The third-order valence-electron chi connectivity index (χ3n) is 6.52. The van der Waals surface area contributed by atoms with Crippen LogP contribution in [-0.2, 0) is 0 Å². The summed E-state index contributed by atoms with van der Waals surface area (Å²) in [5.74, 6) is 1.58. The number of fused-ring (bicyclic) bond motifs is 3. The quantitative estimate of drug-likeness (QED) is 0.558. The number of alkyl halides is 3. The lowest BCUT2D eigenvalue weighted by Gasteiger charge is -2.39. The number of oxazole rings is 1. The van der Waals surface area contributed by atoms with Crippen LogP contribution in [0.1, 0.15) is 38.0 Å². The first-order chi connectivity index (χ1) is 16.2. The Morgan fingerprint density at radius 1 is 1.12 bits per heavy atom. The standard InChI is InChI=1S/C23H25F3N6O2/c1-13-28-12-20(34-13)15-6-14-7-21(30-11-19(14)29-10-15)31-22(33)32-17-2-3-18(32)9-16(8-17)27-5-4-23(24,25)26/h6-7,10-12,16-18,27H,2-5,8-9H2,1H3,(H,30,31,33)/t16-,17-,18+. The fourth-order valence-corrected chi connectivity index (χ4v) is 5.00. The molecular weight excluding hydrogens is 449 g/mol. The van der Waals surface area contributed by atoms with Gasteiger partial charge in [0, 0.05) is 48.7 Å². The fraction of sp³-hybridized carbons (Fsp3) is 0.478. The predicted octanol–water partition coefficient (Wildman–Crippen LogP) is 4.66. The van der Waals surface area contributed by atoms with Crippen LogP contribution in [0.5, 0.6) is 0 Å². The van der Waals surface area contributed by atoms with E-state index in [4.69, 9.17) is 4.42 Å². The van der Waals surface area contributed by atoms with E-state index in [9.17, 15) is 18.0 Å². The molecule has 3 atom stereocenters. The summed E-state index contributed by atoms with van der Waals surface area (Å²) in [5, 5.41) is 6.71. The molecule has 2 aliphatic rings. The minimum atomic E-state index is -4.16. The maximum absolute atomic E-state index is 13.1. The number of pyridine rings is 2. The Hall–Kier alpha value is -3.21. The Balaban J connectivity index is 1.25. The lowest BCUT2D eigenvalue weighted by molar-refractivity contribution is -0.133. The first kappa shape index (κ1) is 22.6. The molecule has 2 saturated heterocycles. The van der Waals surface area contributed by atoms with Crippen molar-refractivity contribution in [3.05, 3.63) is 36.6 Å². The molecule has 0 saturated carbocycles. The van der Waals surface area contributed by atoms with E-state index in [0.29, 0.717) is 35.8 Å². The third-order valence-corrected chi connectivity index (χ3v) is 6.52. The van der Waals surface area contributed by atoms with Crippen molar-refractivity contribution in [2.75, 3.05) is 11.9 Å². The number of nitrogens with zero attached hydrogens (tertiary/aromatic N) is 4. The van der Waals surface area contributed by atoms with E-state index in [1.807, 2.05) is 11.0 Å². The molecule has 3 aromatic heterocycles. The molecule has 8 nitrogen and oxygen atoms in total. The smallest absolute Gasteiger partial charge is 0.390 e. The largest absolute Gasteiger partial charge is 0.441 e. The first-order valence-electron chi connectivity index (χ1n) is 11.3. The Bertz CT molecular complexity index is 1180. The topological polar surface area (TPSA) is 96.2 Å². The monoisotopic (exact) mass is 474 g/mol. The van der Waals surface area contributed by atoms with Crippen molar-refractivity contribution in [2.24, 2.45) is 0 Å². The number of rotatable bonds is 5. The number of halogens is 3. The molecule has 11 heteroatoms. The van der Waals surface area contributed by atoms with Gasteiger partial charge in [0.05, 0.1) is 24.3 Å². The van der Waals surface area contributed by atoms with E-state index >= 15 is 0 Å². The summed E-state index contributed by atoms with van der Waals surface area (Å²) in [6, 6.07) is 3.44. The van der Waals surface area contributed by atoms with Crippen molar-refractivity contribution < 1.29 is 22.4 Å². The van der Waals surface area contributed by atoms with Crippen LogP contribution in [0.15, 0.2) is 35.1 Å². The summed E-state index contributed by atoms with van der Waals surface area (Å²) in [4.78, 5) is 27.7. The number of anilines is 1. The molecule has 2 amide bonds. The van der Waals surface area contributed by atoms with Crippen LogP contribution in [0, 0.1) is 6.92 Å². The number of aryl methyl sites for hydroxylation is 1. The van der Waals surface area contributed by atoms with Gasteiger partial charge in [0.2, 0.25) is 0 Å². The van der Waals surface area contributed by atoms with Crippen LogP contribution in [0.2, 0.25) is 0 Å². The van der Waals surface area contributed by atoms with Crippen molar-refractivity contribution in [3.63, 3.8) is 0 Å². The summed E-state index contributed by atoms with van der Waals surface area (Å²) < 4.78 is 42.9. The van der Waals surface area contributed by atoms with Crippen LogP contribution in [0.3, 0.4) is 0 Å². The number of urea groups is 1. The highest BCUT2D eigenvalue weighted by molar-refractivity contribution is 5.92. The highest BCUT2D eigenvalue weighted by Gasteiger charge is 2.43. The molecule has 2 N–H and O–H groups in total. The third kappa shape index (κ3) is 4.84. The Labute approximate surface area is 194 Å². The van der Waals surface area contributed by atoms with Crippen molar-refractivity contribution >= 4 is 22.8 Å². The van der Waals surface area contributed by atoms with Gasteiger partial charge in [-0.15, -0.1) is 0 Å². The molecule has 2 bridgehead atoms. The van der Waals surface area contributed by atoms with Gasteiger partial charge in [-0.3, -0.25) is 10.3 Å². The van der Waals surface area contributed by atoms with Crippen LogP contribution in [0.25, 0.3) is 22.2 Å². The molecule has 180 valence electrons. The van der Waals surface area contributed by atoms with E-state index in [0.717, 1.165) is 23.8 Å². The van der Waals surface area contributed by atoms with Gasteiger partial charge in [0.25, 0.3) is 0 Å². The number of hydrogen-bond acceptors (Lipinski definition) is 6. The SMILES string of the molecule is Cc1ncc(-c2cnc3cnc(NC(=O)N4[C@@H]5CC[C@H]4C[C@H](NCCC(F)(F)F)C5)cc3c2)o1. The minimum absolute atomic E-state index is 0.00514. The number of amides is 2. The average molecular weight is 474 g/mol. The van der Waals surface area contributed by atoms with Gasteiger partial charge in [0.1, 0.15) is 5.82 Å². The van der Waals surface area contributed by atoms with Gasteiger partial charge >= 0.3 is 12.2 Å². The second-order valence-corrected chi connectivity index (χ2v) is 8.94. The van der Waals surface area contributed by atoms with Gasteiger partial charge in [-0.2, -0.15) is 13.2 Å². The molecule has 0 spiro atoms. The second-order valence-electron chi connectivity index (χ2n) is 8.94. The molecule has 2 aliphatic heterocycles. The summed E-state index contributed by atoms with van der Waals surface area (Å²) in [7, 11) is 0. The lowest BCUT2D eigenvalue weighted by Crippen LogP contribution is -2.53. The van der Waals surface area contributed by atoms with E-state index in [2.05, 4.69) is 25.6 Å². The highest BCUT2D eigenvalue weighted by atomic mass is 19.4. The summed E-state index contributed by atoms with van der Waals surface area (Å²) in [6.07, 6.45) is 2.92. The molecule has 34 heavy (non-hydrogen) atoms. The van der Waals surface area contributed by atoms with Gasteiger partial charge in [-0.05, 0) is 37.8 Å². The zero-order valence-electron chi connectivity index (χ0n) is 18.6. The number of piperidine rings is 1. The van der Waals surface area contributed by atoms with Crippen molar-refractivity contribution in [1.82, 2.24) is 25.2 Å². The maximum Gasteiger partial charge on any atom is 0.390 e. The molecular formula is C23H25F3N6O2. The zero-order valence-corrected chi connectivity index (χ0v) is 18.6. The number of nitrogens with one attached hydrogen (secondary N) is 2. The molecule has 5 heterocycles. The normalized spacial score (nSPS) is 22.4. The minimum Gasteiger partial charge on any atom is -0.441 e. The first-order valence-corrected chi connectivity index (χ1v) is 11.3. The van der Waals surface area contributed by atoms with E-state index in [-0.39, 0.29) is 30.7 Å². The molecule has 5 rings (SSSR count). The number of carbonyl (C=O) groups is 1. The number of carbonyl (C=O) groups excluding carboxylic acids is 1. The van der Waals surface area contributed by atoms with Crippen molar-refractivity contribution in [3.8, 4) is 11.3 Å². The Morgan fingerprint density at radius 2 is 1.88 bits per heavy atom. The maximum atomic E-state index is 13.1. The van der Waals surface area contributed by atoms with Crippen LogP contribution in [0.4, 0.5) is 23.8 Å². The molecule has 2 fully saturated rings. The molecule has 0 radical (unpaired) electrons. The Kier molecular flexibility index (Phi) is 5.88. The number of aromatic nitrogens is 3. The predicted molar refractivity (Wildman–Crippen MR) is 119 cm³/mol. The van der Waals surface area contributed by atoms with Gasteiger partial charge in [-0.25, -0.2) is 14.8 Å². The van der Waals surface area contributed by atoms with Crippen LogP contribution >= 0.6 is 0 Å². The summed E-state index contributed by atoms with van der Waals surface area (Å²) >= 11 is 0. The molecule has 0 aliphatic carbocycles. The van der Waals surface area contributed by atoms with Crippen LogP contribution < -0.4 is 10.6 Å². The molecule has 0 aromatic carbocycles. The highest BCUT2D eigenvalue weighted by Crippen LogP contribution is 2.36. The van der Waals surface area contributed by atoms with Gasteiger partial charge < -0.3 is 14.6 Å². The second kappa shape index (κ2) is 8.86. The average Bonchev–Trinajstić information content (AvgIpc) is 3.33. The summed E-state index contributed by atoms with van der Waals surface area (Å²) in [6.45, 7) is 1.68. The lowest BCUT2D eigenvalue weighted by atomic mass is 9.97. The van der Waals surface area contributed by atoms with E-state index in [1.54, 1.807) is 31.6 Å². The van der Waals surface area contributed by atoms with E-state index < -0.39 is 12.6 Å². The number of hydrogen-bond donors (Lipinski definition) is 2. The van der Waals surface area contributed by atoms with Gasteiger partial charge in [0.15, 0.2) is 11.7 Å². The summed E-state index contributed by atoms with van der Waals surface area (Å²) in [5.41, 5.74) is 1.46. The van der Waals surface area contributed by atoms with Crippen molar-refractivity contribution in [2.45, 2.75) is 63.3 Å². The molecule has 0 unspecified atom stereocenters. The zero-order chi connectivity index (χ0) is 23.9. The fourth-order valence-electron chi connectivity index (χ4n) is 5.00. The van der Waals surface area contributed by atoms with Crippen molar-refractivity contribution in [1.29, 1.82) is 0 Å². The molecule has 3 aromatic rings. The van der Waals surface area contributed by atoms with E-state index in [1.165, 1.54) is 0 Å². The van der Waals surface area contributed by atoms with Gasteiger partial charge in [-0.1, -0.05) is 0 Å². The van der Waals surface area contributed by atoms with Crippen LogP contribution in [-0.4, -0.2) is 56.7 Å².